The number of carboxylic acid groups (broad SMARTS) is 1. The van der Waals surface area contributed by atoms with Crippen LogP contribution >= 0.6 is 0 Å². The molecule has 0 unspecified atom stereocenters. The van der Waals surface area contributed by atoms with Crippen LogP contribution in [-0.4, -0.2) is 550 Å². The van der Waals surface area contributed by atoms with Gasteiger partial charge >= 0.3 is 5.97 Å². The average molecular weight is 1920 g/mol. The minimum Gasteiger partial charge on any atom is -0.477 e. The van der Waals surface area contributed by atoms with Gasteiger partial charge in [-0.25, -0.2) is 4.79 Å². The summed E-state index contributed by atoms with van der Waals surface area (Å²) >= 11 is 0. The SMILES string of the molecule is CC(=O)N[C@@H]1[C@H](O[C@H]2[C@@H](O)[C@@H](CO[C@@H]3O[C@H](CO)[C@@H](O[C@@H]4O[C@H](CO)[C@H](O)[C@H](O)[C@H]4O[C@@H]4O[C@@H](C)[C@@H](O)[C@@H](O)[C@@H]4O)[C@H](O)[C@H]3NC(C)=O)O[C@@H](O[C@H]3[C@H](O)[C@@H](NC(C)=O)[C@H](O[C@H]4[C@@H](O)[C@@H](CO)O[C@@H](O[C@H]5[C@H](O)[C@@H](NC(C)=O)[C@H](O)O[C@@H]5CO)[C@@H]4O)O[C@@H]3CO)[C@@H]2O)O[C@H](CO)[C@@H](O[C@@H]2O[C@H](CO)[C@H](O)[C@H](O[C@]3(C(=O)O)C[C@H](O)[C@@H](NC(C)=O)[C@H]([C@H](O)[C@H](O)CO)O3)[C@H]2O)[C@@H]1O. The van der Waals surface area contributed by atoms with Crippen LogP contribution in [0.2, 0.25) is 0 Å². The van der Waals surface area contributed by atoms with E-state index in [0.717, 1.165) is 34.6 Å². The standard InChI is InChI=1S/C73H121N5O53/c1-17-38(94)48(104)50(106)67(114-17)129-62-49(105)40(96)25(9-80)118-71(62)126-57-29(13-84)119-64(35(45(57)101)76-20(4)89)113-16-32-43(99)60(52(108)69(122-32)124-55-30(14-85)120-65(36(46(55)102)77-21(5)90)127-59-41(97)26(10-81)116-68(51(59)107)123-54-28(12-83)115-63(110)34(44(54)100)75-19(3)88)128-66-37(78-22(6)91)47(103)56(31(15-86)121-66)125-70-53(109)61(42(98)27(11-82)117-70)131-73(72(111)112)7-23(92)33(74-18(2)87)58(130-73)39(95)24(93)8-79/h17,23-71,79-86,92-110H,7-16H2,1-6H3,(H,74,87)(H,75,88)(H,76,89)(H,77,90)(H,78,91)(H,111,112)/t17-,23-,24+,25+,26+,27+,28+,29+,30+,31+,32+,33+,34+,35+,36+,37-,38+,39+,40-,41-,42-,43-,44+,45+,46+,47+,48+,49-,50-,51+,52+,53+,54+,55+,56+,57+,58+,59-,60-,61-,62+,63+,64+,65-,66-,67-,68-,69-,70-,71-,73-/m0/s1. The molecular formula is C73H121N5O53. The molecule has 10 aliphatic heterocycles. The molecule has 10 aliphatic rings. The number of ether oxygens (including phenoxy) is 19. The van der Waals surface area contributed by atoms with Crippen molar-refractivity contribution in [1.29, 1.82) is 0 Å². The molecule has 10 fully saturated rings. The Hall–Kier alpha value is -5.02. The van der Waals surface area contributed by atoms with Crippen LogP contribution in [0.1, 0.15) is 48.0 Å². The van der Waals surface area contributed by atoms with E-state index < -0.39 is 414 Å². The smallest absolute Gasteiger partial charge is 0.364 e. The number of nitrogens with one attached hydrogen (secondary N) is 5. The van der Waals surface area contributed by atoms with Crippen LogP contribution in [-0.2, 0) is 119 Å². The maximum atomic E-state index is 13.4. The van der Waals surface area contributed by atoms with Crippen molar-refractivity contribution < 1.29 is 262 Å². The summed E-state index contributed by atoms with van der Waals surface area (Å²) in [6.45, 7) is -4.77. The van der Waals surface area contributed by atoms with E-state index >= 15 is 0 Å². The number of rotatable bonds is 35. The van der Waals surface area contributed by atoms with Crippen molar-refractivity contribution in [1.82, 2.24) is 26.6 Å². The van der Waals surface area contributed by atoms with E-state index in [1.165, 1.54) is 6.92 Å². The third-order valence-electron chi connectivity index (χ3n) is 23.8. The van der Waals surface area contributed by atoms with Gasteiger partial charge in [0.15, 0.2) is 56.6 Å². The number of hydrogen-bond donors (Lipinski definition) is 33. The highest BCUT2D eigenvalue weighted by molar-refractivity contribution is 5.77. The Balaban J connectivity index is 0.961. The Morgan fingerprint density at radius 2 is 0.656 bits per heavy atom. The molecule has 33 N–H and O–H groups in total. The van der Waals surface area contributed by atoms with E-state index in [9.17, 15) is 172 Å². The van der Waals surface area contributed by atoms with Gasteiger partial charge in [0.05, 0.1) is 77.7 Å². The summed E-state index contributed by atoms with van der Waals surface area (Å²) in [5.74, 6) is -10.3. The first-order chi connectivity index (χ1) is 61.8. The van der Waals surface area contributed by atoms with Gasteiger partial charge in [0.2, 0.25) is 29.5 Å². The van der Waals surface area contributed by atoms with Gasteiger partial charge < -0.3 is 260 Å². The van der Waals surface area contributed by atoms with Crippen LogP contribution in [0.3, 0.4) is 0 Å². The van der Waals surface area contributed by atoms with Gasteiger partial charge in [-0.05, 0) is 6.92 Å². The molecule has 756 valence electrons. The Morgan fingerprint density at radius 1 is 0.328 bits per heavy atom. The van der Waals surface area contributed by atoms with Crippen molar-refractivity contribution in [3.63, 3.8) is 0 Å². The number of carbonyl (C=O) groups excluding carboxylic acids is 5. The summed E-state index contributed by atoms with van der Waals surface area (Å²) in [4.78, 5) is 77.5. The molecule has 0 aromatic rings. The van der Waals surface area contributed by atoms with Crippen molar-refractivity contribution in [2.45, 2.75) is 360 Å². The van der Waals surface area contributed by atoms with Gasteiger partial charge in [0.25, 0.3) is 5.79 Å². The molecule has 131 heavy (non-hydrogen) atoms. The third-order valence-corrected chi connectivity index (χ3v) is 23.8. The maximum Gasteiger partial charge on any atom is 0.364 e. The Labute approximate surface area is 741 Å². The Morgan fingerprint density at radius 3 is 1.08 bits per heavy atom. The van der Waals surface area contributed by atoms with E-state index in [0.29, 0.717) is 0 Å². The zero-order valence-electron chi connectivity index (χ0n) is 70.7. The molecule has 0 aromatic heterocycles. The van der Waals surface area contributed by atoms with Gasteiger partial charge in [0, 0.05) is 41.0 Å². The molecule has 10 saturated heterocycles. The molecule has 10 rings (SSSR count). The molecule has 0 spiro atoms. The first-order valence-electron chi connectivity index (χ1n) is 41.6. The summed E-state index contributed by atoms with van der Waals surface area (Å²) in [5.41, 5.74) is 0. The largest absolute Gasteiger partial charge is 0.477 e. The molecule has 0 aliphatic carbocycles. The fraction of sp³-hybridized carbons (Fsp3) is 0.918. The fourth-order valence-electron chi connectivity index (χ4n) is 17.0. The van der Waals surface area contributed by atoms with E-state index in [1.807, 2.05) is 0 Å². The number of aliphatic hydroxyl groups excluding tert-OH is 27. The van der Waals surface area contributed by atoms with Crippen molar-refractivity contribution in [2.24, 2.45) is 0 Å². The molecule has 58 nitrogen and oxygen atoms in total. The van der Waals surface area contributed by atoms with Crippen LogP contribution in [0, 0.1) is 0 Å². The number of carboxylic acids is 1. The molecule has 51 atom stereocenters. The van der Waals surface area contributed by atoms with Gasteiger partial charge in [-0.2, -0.15) is 0 Å². The van der Waals surface area contributed by atoms with Crippen LogP contribution in [0.4, 0.5) is 0 Å². The zero-order valence-corrected chi connectivity index (χ0v) is 70.7. The summed E-state index contributed by atoms with van der Waals surface area (Å²) in [6, 6.07) is -9.61. The topological polar surface area (TPSA) is 904 Å². The second-order valence-corrected chi connectivity index (χ2v) is 33.1. The molecule has 0 saturated carbocycles. The van der Waals surface area contributed by atoms with Crippen LogP contribution in [0.15, 0.2) is 0 Å². The van der Waals surface area contributed by atoms with E-state index in [1.54, 1.807) is 0 Å². The highest BCUT2D eigenvalue weighted by Crippen LogP contribution is 2.43. The number of aliphatic carboxylic acids is 1. The van der Waals surface area contributed by atoms with E-state index in [2.05, 4.69) is 26.6 Å². The highest BCUT2D eigenvalue weighted by atomic mass is 16.8. The van der Waals surface area contributed by atoms with Crippen LogP contribution < -0.4 is 26.6 Å². The summed E-state index contributed by atoms with van der Waals surface area (Å²) in [7, 11) is 0. The predicted octanol–water partition coefficient (Wildman–Crippen LogP) is -21.9. The zero-order chi connectivity index (χ0) is 96.9. The maximum absolute atomic E-state index is 13.4. The van der Waals surface area contributed by atoms with E-state index in [-0.39, 0.29) is 0 Å². The van der Waals surface area contributed by atoms with Gasteiger partial charge in [-0.1, -0.05) is 0 Å². The highest BCUT2D eigenvalue weighted by Gasteiger charge is 2.64. The van der Waals surface area contributed by atoms with E-state index in [4.69, 9.17) is 90.0 Å². The second-order valence-electron chi connectivity index (χ2n) is 33.1. The number of carbonyl (C=O) groups is 6. The minimum atomic E-state index is -3.33. The lowest BCUT2D eigenvalue weighted by Crippen LogP contribution is -2.71. The molecule has 0 aromatic carbocycles. The summed E-state index contributed by atoms with van der Waals surface area (Å²) < 4.78 is 112. The van der Waals surface area contributed by atoms with Crippen molar-refractivity contribution in [2.75, 3.05) is 59.5 Å². The molecule has 0 bridgehead atoms. The number of aliphatic hydroxyl groups is 27. The molecule has 0 radical (unpaired) electrons. The molecule has 58 heteroatoms. The first kappa shape index (κ1) is 108. The minimum absolute atomic E-state index is 0.793. The lowest BCUT2D eigenvalue weighted by Gasteiger charge is -2.51. The van der Waals surface area contributed by atoms with Crippen LogP contribution in [0.5, 0.6) is 0 Å². The summed E-state index contributed by atoms with van der Waals surface area (Å²) in [5, 5.41) is 326. The first-order valence-corrected chi connectivity index (χ1v) is 41.6. The molecule has 10 heterocycles. The van der Waals surface area contributed by atoms with Gasteiger partial charge in [0.1, 0.15) is 232 Å². The molecule has 5 amide bonds. The Kier molecular flexibility index (Phi) is 38.4. The van der Waals surface area contributed by atoms with Gasteiger partial charge in [-0.3, -0.25) is 24.0 Å². The lowest BCUT2D eigenvalue weighted by molar-refractivity contribution is -0.393. The van der Waals surface area contributed by atoms with Crippen LogP contribution in [0.25, 0.3) is 0 Å². The Bertz CT molecular complexity index is 3670. The lowest BCUT2D eigenvalue weighted by atomic mass is 9.88. The van der Waals surface area contributed by atoms with Gasteiger partial charge in [-0.15, -0.1) is 0 Å². The monoisotopic (exact) mass is 1920 g/mol. The van der Waals surface area contributed by atoms with Crippen molar-refractivity contribution in [3.8, 4) is 0 Å². The quantitative estimate of drug-likeness (QED) is 0.0280. The average Bonchev–Trinajstić information content (AvgIpc) is 0.746. The molecular weight excluding hydrogens is 1790 g/mol. The second kappa shape index (κ2) is 46.6. The fourth-order valence-corrected chi connectivity index (χ4v) is 17.0. The van der Waals surface area contributed by atoms with Crippen molar-refractivity contribution >= 4 is 35.5 Å². The summed E-state index contributed by atoms with van der Waals surface area (Å²) in [6.07, 6.45) is -97.5. The van der Waals surface area contributed by atoms with Crippen molar-refractivity contribution in [3.05, 3.63) is 0 Å². The number of amides is 5. The number of hydrogen-bond acceptors (Lipinski definition) is 52. The predicted molar refractivity (Wildman–Crippen MR) is 403 cm³/mol. The third kappa shape index (κ3) is 23.9. The normalized spacial score (nSPS) is 47.5.